The zero-order valence-corrected chi connectivity index (χ0v) is 18.4. The first-order valence-corrected chi connectivity index (χ1v) is 11.4. The highest BCUT2D eigenvalue weighted by Crippen LogP contribution is 2.36. The number of esters is 1. The van der Waals surface area contributed by atoms with Gasteiger partial charge in [-0.2, -0.15) is 11.3 Å². The minimum atomic E-state index is -0.655. The van der Waals surface area contributed by atoms with Crippen molar-refractivity contribution in [1.29, 1.82) is 0 Å². The third-order valence-electron chi connectivity index (χ3n) is 4.79. The van der Waals surface area contributed by atoms with Gasteiger partial charge < -0.3 is 19.2 Å². The van der Waals surface area contributed by atoms with E-state index in [1.54, 1.807) is 22.8 Å². The molecule has 0 unspecified atom stereocenters. The molecule has 1 amide bonds. The largest absolute Gasteiger partial charge is 0.495 e. The quantitative estimate of drug-likeness (QED) is 0.330. The molecule has 3 aromatic heterocycles. The minimum absolute atomic E-state index is 0.172. The van der Waals surface area contributed by atoms with Gasteiger partial charge in [0.1, 0.15) is 21.9 Å². The number of aromatic nitrogens is 1. The Morgan fingerprint density at radius 1 is 1.09 bits per heavy atom. The van der Waals surface area contributed by atoms with Crippen LogP contribution >= 0.6 is 22.7 Å². The smallest absolute Gasteiger partial charge is 0.358 e. The summed E-state index contributed by atoms with van der Waals surface area (Å²) in [6.45, 7) is -0.453. The van der Waals surface area contributed by atoms with Gasteiger partial charge in [0.25, 0.3) is 5.91 Å². The fourth-order valence-corrected chi connectivity index (χ4v) is 4.80. The van der Waals surface area contributed by atoms with Crippen LogP contribution in [-0.2, 0) is 9.53 Å². The Morgan fingerprint density at radius 2 is 1.97 bits per heavy atom. The third-order valence-corrected chi connectivity index (χ3v) is 6.36. The number of anilines is 1. The predicted molar refractivity (Wildman–Crippen MR) is 125 cm³/mol. The number of thiazole rings is 1. The van der Waals surface area contributed by atoms with Gasteiger partial charge in [-0.3, -0.25) is 4.79 Å². The number of carbonyl (C=O) groups excluding carboxylic acids is 2. The van der Waals surface area contributed by atoms with E-state index in [9.17, 15) is 9.59 Å². The molecule has 0 saturated carbocycles. The number of hydrogen-bond donors (Lipinski definition) is 1. The van der Waals surface area contributed by atoms with Crippen LogP contribution in [0.15, 0.2) is 63.0 Å². The fourth-order valence-electron chi connectivity index (χ4n) is 3.30. The van der Waals surface area contributed by atoms with E-state index >= 15 is 0 Å². The van der Waals surface area contributed by atoms with Crippen molar-refractivity contribution in [2.75, 3.05) is 19.0 Å². The highest BCUT2D eigenvalue weighted by Gasteiger charge is 2.17. The molecule has 5 rings (SSSR count). The first-order chi connectivity index (χ1) is 15.6. The van der Waals surface area contributed by atoms with Gasteiger partial charge in [-0.25, -0.2) is 9.78 Å². The van der Waals surface area contributed by atoms with Gasteiger partial charge in [-0.05, 0) is 23.6 Å². The number of ether oxygens (including phenoxy) is 2. The molecule has 1 N–H and O–H groups in total. The number of methoxy groups -OCH3 is 1. The monoisotopic (exact) mass is 464 g/mol. The molecule has 0 aliphatic rings. The number of nitrogens with one attached hydrogen (secondary N) is 1. The van der Waals surface area contributed by atoms with Crippen LogP contribution in [0.1, 0.15) is 10.5 Å². The number of rotatable bonds is 6. The van der Waals surface area contributed by atoms with Gasteiger partial charge in [-0.15, -0.1) is 11.3 Å². The van der Waals surface area contributed by atoms with Gasteiger partial charge in [-0.1, -0.05) is 18.2 Å². The first kappa shape index (κ1) is 20.2. The lowest BCUT2D eigenvalue weighted by Gasteiger charge is -2.10. The van der Waals surface area contributed by atoms with E-state index in [1.165, 1.54) is 18.4 Å². The van der Waals surface area contributed by atoms with E-state index in [0.29, 0.717) is 17.0 Å². The summed E-state index contributed by atoms with van der Waals surface area (Å²) in [5.74, 6) is -0.679. The summed E-state index contributed by atoms with van der Waals surface area (Å²) in [7, 11) is 1.52. The molecular formula is C23H16N2O5S2. The van der Waals surface area contributed by atoms with Crippen LogP contribution in [0.3, 0.4) is 0 Å². The topological polar surface area (TPSA) is 90.7 Å². The van der Waals surface area contributed by atoms with E-state index in [4.69, 9.17) is 13.9 Å². The molecule has 0 radical (unpaired) electrons. The normalized spacial score (nSPS) is 11.0. The van der Waals surface area contributed by atoms with Crippen molar-refractivity contribution < 1.29 is 23.5 Å². The molecule has 0 aliphatic heterocycles. The molecule has 0 atom stereocenters. The van der Waals surface area contributed by atoms with Gasteiger partial charge in [0.2, 0.25) is 0 Å². The maximum absolute atomic E-state index is 12.4. The molecule has 7 nitrogen and oxygen atoms in total. The molecular weight excluding hydrogens is 448 g/mol. The second-order valence-electron chi connectivity index (χ2n) is 6.82. The van der Waals surface area contributed by atoms with Gasteiger partial charge in [0.05, 0.1) is 12.8 Å². The Labute approximate surface area is 190 Å². The lowest BCUT2D eigenvalue weighted by atomic mass is 10.1. The lowest BCUT2D eigenvalue weighted by molar-refractivity contribution is -0.119. The van der Waals surface area contributed by atoms with Crippen LogP contribution in [0.4, 0.5) is 5.69 Å². The minimum Gasteiger partial charge on any atom is -0.495 e. The molecule has 32 heavy (non-hydrogen) atoms. The van der Waals surface area contributed by atoms with Crippen molar-refractivity contribution >= 4 is 62.2 Å². The third kappa shape index (κ3) is 3.83. The summed E-state index contributed by atoms with van der Waals surface area (Å²) in [4.78, 5) is 29.0. The predicted octanol–water partition coefficient (Wildman–Crippen LogP) is 5.58. The van der Waals surface area contributed by atoms with E-state index in [1.807, 2.05) is 47.2 Å². The number of hydrogen-bond acceptors (Lipinski definition) is 8. The van der Waals surface area contributed by atoms with E-state index < -0.39 is 18.5 Å². The Hall–Kier alpha value is -3.69. The number of fused-ring (bicyclic) bond motifs is 3. The maximum atomic E-state index is 12.4. The number of benzene rings is 2. The SMILES string of the molecule is COc1cc2c(cc1NC(=O)COC(=O)c1csc(-c3ccsc3)n1)oc1ccccc12. The number of nitrogens with zero attached hydrogens (tertiary/aromatic N) is 1. The van der Waals surface area contributed by atoms with Crippen molar-refractivity contribution in [3.05, 3.63) is 64.3 Å². The highest BCUT2D eigenvalue weighted by atomic mass is 32.1. The summed E-state index contributed by atoms with van der Waals surface area (Å²) in [6.07, 6.45) is 0. The Bertz CT molecular complexity index is 1440. The van der Waals surface area contributed by atoms with Crippen molar-refractivity contribution in [3.63, 3.8) is 0 Å². The van der Waals surface area contributed by atoms with E-state index in [2.05, 4.69) is 10.3 Å². The fraction of sp³-hybridized carbons (Fsp3) is 0.0870. The van der Waals surface area contributed by atoms with Gasteiger partial charge >= 0.3 is 5.97 Å². The average molecular weight is 465 g/mol. The summed E-state index contributed by atoms with van der Waals surface area (Å²) < 4.78 is 16.4. The van der Waals surface area contributed by atoms with Crippen molar-refractivity contribution in [1.82, 2.24) is 4.98 Å². The number of furan rings is 1. The van der Waals surface area contributed by atoms with Crippen molar-refractivity contribution in [3.8, 4) is 16.3 Å². The molecule has 3 heterocycles. The van der Waals surface area contributed by atoms with Crippen LogP contribution < -0.4 is 10.1 Å². The molecule has 5 aromatic rings. The molecule has 0 bridgehead atoms. The molecule has 160 valence electrons. The van der Waals surface area contributed by atoms with Gasteiger partial charge in [0, 0.05) is 33.2 Å². The van der Waals surface area contributed by atoms with Crippen LogP contribution in [0, 0.1) is 0 Å². The van der Waals surface area contributed by atoms with Crippen molar-refractivity contribution in [2.45, 2.75) is 0 Å². The molecule has 2 aromatic carbocycles. The van der Waals surface area contributed by atoms with Gasteiger partial charge in [0.15, 0.2) is 12.3 Å². The summed E-state index contributed by atoms with van der Waals surface area (Å²) >= 11 is 2.90. The highest BCUT2D eigenvalue weighted by molar-refractivity contribution is 7.14. The second kappa shape index (κ2) is 8.45. The molecule has 0 fully saturated rings. The molecule has 0 spiro atoms. The number of carbonyl (C=O) groups is 2. The second-order valence-corrected chi connectivity index (χ2v) is 8.46. The lowest BCUT2D eigenvalue weighted by Crippen LogP contribution is -2.21. The van der Waals surface area contributed by atoms with Crippen molar-refractivity contribution in [2.24, 2.45) is 0 Å². The summed E-state index contributed by atoms with van der Waals surface area (Å²) in [5, 5.41) is 10.8. The van der Waals surface area contributed by atoms with Crippen LogP contribution in [0.2, 0.25) is 0 Å². The summed E-state index contributed by atoms with van der Waals surface area (Å²) in [5.41, 5.74) is 2.90. The maximum Gasteiger partial charge on any atom is 0.358 e. The first-order valence-electron chi connectivity index (χ1n) is 9.57. The molecule has 9 heteroatoms. The summed E-state index contributed by atoms with van der Waals surface area (Å²) in [6, 6.07) is 13.1. The molecule has 0 aliphatic carbocycles. The Kier molecular flexibility index (Phi) is 5.34. The van der Waals surface area contributed by atoms with E-state index in [-0.39, 0.29) is 5.69 Å². The Morgan fingerprint density at radius 3 is 2.78 bits per heavy atom. The Balaban J connectivity index is 1.28. The van der Waals surface area contributed by atoms with Crippen LogP contribution in [0.5, 0.6) is 5.75 Å². The zero-order chi connectivity index (χ0) is 22.1. The zero-order valence-electron chi connectivity index (χ0n) is 16.8. The molecule has 0 saturated heterocycles. The number of amides is 1. The average Bonchev–Trinajstić information content (AvgIpc) is 3.56. The number of para-hydroxylation sites is 1. The number of thiophene rings is 1. The van der Waals surface area contributed by atoms with Crippen LogP contribution in [0.25, 0.3) is 32.5 Å². The van der Waals surface area contributed by atoms with Crippen LogP contribution in [-0.4, -0.2) is 30.6 Å². The van der Waals surface area contributed by atoms with E-state index in [0.717, 1.165) is 26.9 Å². The standard InChI is InChI=1S/C23H16N2O5S2/c1-28-20-8-15-14-4-2-3-5-18(14)30-19(15)9-16(20)24-21(26)10-29-23(27)17-12-32-22(25-17)13-6-7-31-11-13/h2-9,11-12H,10H2,1H3,(H,24,26).